The number of hydrogen-bond donors (Lipinski definition) is 1. The van der Waals surface area contributed by atoms with Crippen molar-refractivity contribution in [3.05, 3.63) is 23.2 Å². The Bertz CT molecular complexity index is 648. The molecule has 6 nitrogen and oxygen atoms in total. The van der Waals surface area contributed by atoms with Gasteiger partial charge in [-0.15, -0.1) is 0 Å². The first kappa shape index (κ1) is 16.1. The number of rotatable bonds is 4. The minimum absolute atomic E-state index is 0.0291. The maximum absolute atomic E-state index is 12.7. The van der Waals surface area contributed by atoms with Crippen LogP contribution in [0, 0.1) is 0 Å². The summed E-state index contributed by atoms with van der Waals surface area (Å²) >= 11 is 5.97. The van der Waals surface area contributed by atoms with Gasteiger partial charge in [0, 0.05) is 6.54 Å². The molecule has 0 radical (unpaired) electrons. The lowest BCUT2D eigenvalue weighted by molar-refractivity contribution is -0.122. The van der Waals surface area contributed by atoms with Crippen molar-refractivity contribution < 1.29 is 17.9 Å². The molecule has 1 aliphatic rings. The molecule has 1 aromatic carbocycles. The molecule has 1 atom stereocenters. The van der Waals surface area contributed by atoms with Crippen molar-refractivity contribution in [3.63, 3.8) is 0 Å². The van der Waals surface area contributed by atoms with E-state index >= 15 is 0 Å². The molecule has 21 heavy (non-hydrogen) atoms. The summed E-state index contributed by atoms with van der Waals surface area (Å²) in [4.78, 5) is 11.5. The quantitative estimate of drug-likeness (QED) is 0.901. The first-order chi connectivity index (χ1) is 9.87. The highest BCUT2D eigenvalue weighted by Crippen LogP contribution is 2.30. The summed E-state index contributed by atoms with van der Waals surface area (Å²) in [5, 5.41) is 0.200. The lowest BCUT2D eigenvalue weighted by Gasteiger charge is -2.32. The maximum Gasteiger partial charge on any atom is 0.243 e. The van der Waals surface area contributed by atoms with Crippen LogP contribution in [0.1, 0.15) is 19.3 Å². The van der Waals surface area contributed by atoms with Gasteiger partial charge in [0.1, 0.15) is 11.8 Å². The molecule has 1 saturated heterocycles. The normalized spacial score (nSPS) is 20.2. The van der Waals surface area contributed by atoms with Crippen LogP contribution >= 0.6 is 11.6 Å². The zero-order chi connectivity index (χ0) is 15.6. The Labute approximate surface area is 128 Å². The zero-order valence-corrected chi connectivity index (χ0v) is 13.2. The summed E-state index contributed by atoms with van der Waals surface area (Å²) in [6, 6.07) is 3.41. The predicted molar refractivity (Wildman–Crippen MR) is 78.7 cm³/mol. The molecule has 0 unspecified atom stereocenters. The van der Waals surface area contributed by atoms with Crippen LogP contribution in [0.5, 0.6) is 5.75 Å². The van der Waals surface area contributed by atoms with Crippen LogP contribution in [0.15, 0.2) is 23.1 Å². The highest BCUT2D eigenvalue weighted by Gasteiger charge is 2.36. The molecule has 0 saturated carbocycles. The van der Waals surface area contributed by atoms with Gasteiger partial charge in [-0.2, -0.15) is 4.31 Å². The molecule has 2 N–H and O–H groups in total. The zero-order valence-electron chi connectivity index (χ0n) is 11.6. The van der Waals surface area contributed by atoms with Crippen molar-refractivity contribution in [1.82, 2.24) is 4.31 Å². The number of nitrogens with two attached hydrogens (primary N) is 1. The Morgan fingerprint density at radius 1 is 1.43 bits per heavy atom. The second-order valence-corrected chi connectivity index (χ2v) is 7.12. The molecule has 1 aliphatic heterocycles. The Kier molecular flexibility index (Phi) is 4.75. The average molecular weight is 333 g/mol. The number of halogens is 1. The summed E-state index contributed by atoms with van der Waals surface area (Å²) in [6.45, 7) is 0.277. The molecule has 0 aliphatic carbocycles. The van der Waals surface area contributed by atoms with Crippen LogP contribution in [0.3, 0.4) is 0 Å². The number of carbonyl (C=O) groups excluding carboxylic acids is 1. The van der Waals surface area contributed by atoms with Crippen LogP contribution in [0.25, 0.3) is 0 Å². The van der Waals surface area contributed by atoms with E-state index in [-0.39, 0.29) is 16.5 Å². The van der Waals surface area contributed by atoms with Crippen LogP contribution in [0.2, 0.25) is 5.02 Å². The number of benzene rings is 1. The largest absolute Gasteiger partial charge is 0.495 e. The number of hydrogen-bond acceptors (Lipinski definition) is 4. The third-order valence-electron chi connectivity index (χ3n) is 3.51. The standard InChI is InChI=1S/C13H17ClN2O4S/c1-20-12-6-5-9(8-10(12)14)21(18,19)16-7-3-2-4-11(16)13(15)17/h5-6,8,11H,2-4,7H2,1H3,(H2,15,17)/t11-/m0/s1. The van der Waals surface area contributed by atoms with Crippen LogP contribution in [0.4, 0.5) is 0 Å². The van der Waals surface area contributed by atoms with Crippen molar-refractivity contribution in [2.24, 2.45) is 5.73 Å². The van der Waals surface area contributed by atoms with E-state index in [0.717, 1.165) is 10.7 Å². The van der Waals surface area contributed by atoms with E-state index in [4.69, 9.17) is 22.1 Å². The van der Waals surface area contributed by atoms with E-state index in [1.165, 1.54) is 25.3 Å². The number of sulfonamides is 1. The fraction of sp³-hybridized carbons (Fsp3) is 0.462. The fourth-order valence-corrected chi connectivity index (χ4v) is 4.43. The molecule has 8 heteroatoms. The van der Waals surface area contributed by atoms with Gasteiger partial charge in [0.25, 0.3) is 0 Å². The van der Waals surface area contributed by atoms with Crippen molar-refractivity contribution in [3.8, 4) is 5.75 Å². The van der Waals surface area contributed by atoms with Gasteiger partial charge in [0.2, 0.25) is 15.9 Å². The molecule has 0 aromatic heterocycles. The van der Waals surface area contributed by atoms with Crippen molar-refractivity contribution in [1.29, 1.82) is 0 Å². The van der Waals surface area contributed by atoms with Gasteiger partial charge in [-0.05, 0) is 31.0 Å². The van der Waals surface area contributed by atoms with Gasteiger partial charge < -0.3 is 10.5 Å². The highest BCUT2D eigenvalue weighted by molar-refractivity contribution is 7.89. The summed E-state index contributed by atoms with van der Waals surface area (Å²) < 4.78 is 31.5. The summed E-state index contributed by atoms with van der Waals surface area (Å²) in [6.07, 6.45) is 1.92. The van der Waals surface area contributed by atoms with Crippen molar-refractivity contribution >= 4 is 27.5 Å². The van der Waals surface area contributed by atoms with Crippen LogP contribution < -0.4 is 10.5 Å². The Hall–Kier alpha value is -1.31. The van der Waals surface area contributed by atoms with Gasteiger partial charge in [-0.3, -0.25) is 4.79 Å². The van der Waals surface area contributed by atoms with Gasteiger partial charge in [0.05, 0.1) is 17.0 Å². The number of carbonyl (C=O) groups is 1. The highest BCUT2D eigenvalue weighted by atomic mass is 35.5. The maximum atomic E-state index is 12.7. The molecule has 1 fully saturated rings. The molecule has 116 valence electrons. The Balaban J connectivity index is 2.40. The van der Waals surface area contributed by atoms with Gasteiger partial charge >= 0.3 is 0 Å². The van der Waals surface area contributed by atoms with E-state index in [1.807, 2.05) is 0 Å². The van der Waals surface area contributed by atoms with Crippen molar-refractivity contribution in [2.45, 2.75) is 30.2 Å². The molecule has 1 amide bonds. The first-order valence-corrected chi connectivity index (χ1v) is 8.34. The topological polar surface area (TPSA) is 89.7 Å². The third kappa shape index (κ3) is 3.14. The lowest BCUT2D eigenvalue weighted by Crippen LogP contribution is -2.50. The molecular formula is C13H17ClN2O4S. The first-order valence-electron chi connectivity index (χ1n) is 6.52. The van der Waals surface area contributed by atoms with E-state index in [1.54, 1.807) is 0 Å². The molecular weight excluding hydrogens is 316 g/mol. The van der Waals surface area contributed by atoms with Crippen LogP contribution in [-0.4, -0.2) is 38.3 Å². The minimum atomic E-state index is -3.81. The predicted octanol–water partition coefficient (Wildman–Crippen LogP) is 1.38. The fourth-order valence-electron chi connectivity index (χ4n) is 2.42. The van der Waals surface area contributed by atoms with Crippen molar-refractivity contribution in [2.75, 3.05) is 13.7 Å². The van der Waals surface area contributed by atoms with E-state index in [2.05, 4.69) is 0 Å². The van der Waals surface area contributed by atoms with Gasteiger partial charge in [-0.1, -0.05) is 18.0 Å². The van der Waals surface area contributed by atoms with Gasteiger partial charge in [-0.25, -0.2) is 8.42 Å². The van der Waals surface area contributed by atoms with E-state index in [0.29, 0.717) is 18.6 Å². The Morgan fingerprint density at radius 2 is 2.14 bits per heavy atom. The van der Waals surface area contributed by atoms with Crippen LogP contribution in [-0.2, 0) is 14.8 Å². The number of amides is 1. The number of nitrogens with zero attached hydrogens (tertiary/aromatic N) is 1. The van der Waals surface area contributed by atoms with E-state index in [9.17, 15) is 13.2 Å². The molecule has 0 bridgehead atoms. The minimum Gasteiger partial charge on any atom is -0.495 e. The summed E-state index contributed by atoms with van der Waals surface area (Å²) in [5.41, 5.74) is 5.32. The average Bonchev–Trinajstić information content (AvgIpc) is 2.47. The third-order valence-corrected chi connectivity index (χ3v) is 5.71. The molecule has 1 heterocycles. The second-order valence-electron chi connectivity index (χ2n) is 4.83. The molecule has 0 spiro atoms. The summed E-state index contributed by atoms with van der Waals surface area (Å²) in [5.74, 6) is -0.237. The molecule has 1 aromatic rings. The number of primary amides is 1. The smallest absolute Gasteiger partial charge is 0.243 e. The number of piperidine rings is 1. The Morgan fingerprint density at radius 3 is 2.71 bits per heavy atom. The lowest BCUT2D eigenvalue weighted by atomic mass is 10.0. The van der Waals surface area contributed by atoms with E-state index < -0.39 is 22.0 Å². The molecule has 2 rings (SSSR count). The SMILES string of the molecule is COc1ccc(S(=O)(=O)N2CCCC[C@H]2C(N)=O)cc1Cl. The summed E-state index contributed by atoms with van der Waals surface area (Å²) in [7, 11) is -2.36. The number of ether oxygens (including phenoxy) is 1. The second kappa shape index (κ2) is 6.21. The monoisotopic (exact) mass is 332 g/mol. The van der Waals surface area contributed by atoms with Gasteiger partial charge in [0.15, 0.2) is 0 Å². The number of methoxy groups -OCH3 is 1.